The van der Waals surface area contributed by atoms with Crippen LogP contribution in [0.4, 0.5) is 0 Å². The molecule has 0 bridgehead atoms. The van der Waals surface area contributed by atoms with Crippen molar-refractivity contribution in [3.8, 4) is 0 Å². The van der Waals surface area contributed by atoms with Gasteiger partial charge in [0.2, 0.25) is 0 Å². The van der Waals surface area contributed by atoms with E-state index in [4.69, 9.17) is 9.72 Å². The maximum absolute atomic E-state index is 11.5. The van der Waals surface area contributed by atoms with Gasteiger partial charge < -0.3 is 24.4 Å². The zero-order valence-corrected chi connectivity index (χ0v) is 21.0. The van der Waals surface area contributed by atoms with Gasteiger partial charge >= 0.3 is 5.97 Å². The Morgan fingerprint density at radius 2 is 1.83 bits per heavy atom. The number of carbonyl (C=O) groups is 1. The summed E-state index contributed by atoms with van der Waals surface area (Å²) >= 11 is 0. The molecule has 2 aromatic carbocycles. The number of nitrogens with zero attached hydrogens (tertiary/aromatic N) is 3. The molecular weight excluding hydrogens is 442 g/mol. The van der Waals surface area contributed by atoms with E-state index < -0.39 is 17.5 Å². The van der Waals surface area contributed by atoms with E-state index in [2.05, 4.69) is 27.7 Å². The number of β-amino-alcohol motifs (C(OH)–C–C–N with tert-alkyl or cyclic N) is 1. The summed E-state index contributed by atoms with van der Waals surface area (Å²) in [4.78, 5) is 18.8. The molecule has 1 atom stereocenters. The van der Waals surface area contributed by atoms with Crippen LogP contribution in [-0.2, 0) is 21.5 Å². The van der Waals surface area contributed by atoms with E-state index in [1.807, 2.05) is 37.3 Å². The Morgan fingerprint density at radius 3 is 2.49 bits per heavy atom. The number of piperidine rings is 1. The first-order valence-electron chi connectivity index (χ1n) is 12.6. The molecule has 7 heteroatoms. The van der Waals surface area contributed by atoms with Crippen LogP contribution in [0, 0.1) is 0 Å². The molecule has 2 heterocycles. The Kier molecular flexibility index (Phi) is 7.89. The number of para-hydroxylation sites is 2. The molecule has 0 saturated carbocycles. The van der Waals surface area contributed by atoms with Gasteiger partial charge in [-0.1, -0.05) is 36.4 Å². The summed E-state index contributed by atoms with van der Waals surface area (Å²) in [5, 5.41) is 20.3. The number of fused-ring (bicyclic) bond motifs is 1. The number of aliphatic carboxylic acids is 1. The number of benzene rings is 2. The summed E-state index contributed by atoms with van der Waals surface area (Å²) in [7, 11) is 0. The lowest BCUT2D eigenvalue weighted by Crippen LogP contribution is -2.36. The molecule has 1 unspecified atom stereocenters. The lowest BCUT2D eigenvalue weighted by Gasteiger charge is -2.33. The fraction of sp³-hybridized carbons (Fsp3) is 0.500. The van der Waals surface area contributed by atoms with Crippen molar-refractivity contribution in [2.75, 3.05) is 32.8 Å². The minimum absolute atomic E-state index is 0.384. The van der Waals surface area contributed by atoms with Crippen LogP contribution >= 0.6 is 0 Å². The van der Waals surface area contributed by atoms with Gasteiger partial charge in [0, 0.05) is 25.6 Å². The first-order valence-corrected chi connectivity index (χ1v) is 12.6. The lowest BCUT2D eigenvalue weighted by atomic mass is 9.84. The van der Waals surface area contributed by atoms with Crippen LogP contribution in [0.5, 0.6) is 0 Å². The van der Waals surface area contributed by atoms with Gasteiger partial charge in [-0.2, -0.15) is 0 Å². The Morgan fingerprint density at radius 1 is 1.14 bits per heavy atom. The SMILES string of the molecule is CCOCCn1c(C2CCN(CC(O)c3ccc(C(C)(C)C(=O)O)cc3)CC2)nc2ccccc21. The van der Waals surface area contributed by atoms with Gasteiger partial charge in [0.15, 0.2) is 0 Å². The van der Waals surface area contributed by atoms with Gasteiger partial charge in [0.25, 0.3) is 0 Å². The normalized spacial score (nSPS) is 16.6. The molecule has 3 aromatic rings. The summed E-state index contributed by atoms with van der Waals surface area (Å²) < 4.78 is 7.94. The van der Waals surface area contributed by atoms with E-state index in [1.165, 1.54) is 0 Å². The Labute approximate surface area is 207 Å². The molecule has 7 nitrogen and oxygen atoms in total. The van der Waals surface area contributed by atoms with Crippen LogP contribution in [0.25, 0.3) is 11.0 Å². The van der Waals surface area contributed by atoms with Crippen molar-refractivity contribution in [2.24, 2.45) is 0 Å². The maximum Gasteiger partial charge on any atom is 0.313 e. The van der Waals surface area contributed by atoms with Gasteiger partial charge in [-0.15, -0.1) is 0 Å². The largest absolute Gasteiger partial charge is 0.481 e. The number of hydrogen-bond donors (Lipinski definition) is 2. The molecule has 188 valence electrons. The molecule has 1 saturated heterocycles. The number of imidazole rings is 1. The molecule has 1 aliphatic rings. The number of aliphatic hydroxyl groups excluding tert-OH is 1. The number of aromatic nitrogens is 2. The fourth-order valence-corrected chi connectivity index (χ4v) is 4.91. The van der Waals surface area contributed by atoms with Crippen LogP contribution in [0.1, 0.15) is 62.6 Å². The van der Waals surface area contributed by atoms with Crippen LogP contribution in [0.3, 0.4) is 0 Å². The Balaban J connectivity index is 1.38. The van der Waals surface area contributed by atoms with E-state index in [9.17, 15) is 15.0 Å². The first kappa shape index (κ1) is 25.4. The molecule has 0 aliphatic carbocycles. The summed E-state index contributed by atoms with van der Waals surface area (Å²) in [6, 6.07) is 15.6. The molecule has 1 aliphatic heterocycles. The van der Waals surface area contributed by atoms with Crippen molar-refractivity contribution in [2.45, 2.75) is 57.6 Å². The highest BCUT2D eigenvalue weighted by atomic mass is 16.5. The summed E-state index contributed by atoms with van der Waals surface area (Å²) in [5.41, 5.74) is 2.79. The van der Waals surface area contributed by atoms with E-state index >= 15 is 0 Å². The van der Waals surface area contributed by atoms with Crippen molar-refractivity contribution in [1.82, 2.24) is 14.5 Å². The predicted octanol–water partition coefficient (Wildman–Crippen LogP) is 4.35. The topological polar surface area (TPSA) is 87.8 Å². The van der Waals surface area contributed by atoms with Crippen LogP contribution in [0.15, 0.2) is 48.5 Å². The number of carboxylic acids is 1. The number of rotatable bonds is 10. The quantitative estimate of drug-likeness (QED) is 0.421. The summed E-state index contributed by atoms with van der Waals surface area (Å²) in [6.45, 7) is 9.96. The zero-order chi connectivity index (χ0) is 25.0. The average molecular weight is 480 g/mol. The monoisotopic (exact) mass is 479 g/mol. The third kappa shape index (κ3) is 5.58. The van der Waals surface area contributed by atoms with E-state index in [1.54, 1.807) is 13.8 Å². The van der Waals surface area contributed by atoms with Gasteiger partial charge in [0.05, 0.1) is 29.2 Å². The number of hydrogen-bond acceptors (Lipinski definition) is 5. The molecule has 1 aromatic heterocycles. The molecule has 0 spiro atoms. The van der Waals surface area contributed by atoms with E-state index in [0.717, 1.165) is 60.5 Å². The molecule has 4 rings (SSSR count). The van der Waals surface area contributed by atoms with Crippen molar-refractivity contribution in [3.05, 3.63) is 65.5 Å². The maximum atomic E-state index is 11.5. The summed E-state index contributed by atoms with van der Waals surface area (Å²) in [6.07, 6.45) is 1.39. The smallest absolute Gasteiger partial charge is 0.313 e. The third-order valence-corrected chi connectivity index (χ3v) is 7.28. The first-order chi connectivity index (χ1) is 16.8. The van der Waals surface area contributed by atoms with Gasteiger partial charge in [0.1, 0.15) is 5.82 Å². The van der Waals surface area contributed by atoms with Crippen LogP contribution < -0.4 is 0 Å². The predicted molar refractivity (Wildman–Crippen MR) is 137 cm³/mol. The van der Waals surface area contributed by atoms with E-state index in [0.29, 0.717) is 25.7 Å². The van der Waals surface area contributed by atoms with Crippen molar-refractivity contribution < 1.29 is 19.7 Å². The Hall–Kier alpha value is -2.74. The van der Waals surface area contributed by atoms with Crippen LogP contribution in [0.2, 0.25) is 0 Å². The van der Waals surface area contributed by atoms with Crippen molar-refractivity contribution >= 4 is 17.0 Å². The number of ether oxygens (including phenoxy) is 1. The number of aliphatic hydroxyl groups is 1. The molecule has 35 heavy (non-hydrogen) atoms. The highest BCUT2D eigenvalue weighted by Gasteiger charge is 2.30. The lowest BCUT2D eigenvalue weighted by molar-refractivity contribution is -0.142. The summed E-state index contributed by atoms with van der Waals surface area (Å²) in [5.74, 6) is 0.665. The Bertz CT molecular complexity index is 1130. The highest BCUT2D eigenvalue weighted by Crippen LogP contribution is 2.31. The second kappa shape index (κ2) is 10.9. The van der Waals surface area contributed by atoms with Crippen LogP contribution in [-0.4, -0.2) is 63.5 Å². The van der Waals surface area contributed by atoms with Gasteiger partial charge in [-0.05, 0) is 70.0 Å². The second-order valence-electron chi connectivity index (χ2n) is 9.95. The van der Waals surface area contributed by atoms with Crippen molar-refractivity contribution in [3.63, 3.8) is 0 Å². The minimum Gasteiger partial charge on any atom is -0.481 e. The van der Waals surface area contributed by atoms with Gasteiger partial charge in [-0.3, -0.25) is 4.79 Å². The average Bonchev–Trinajstić information content (AvgIpc) is 3.23. The highest BCUT2D eigenvalue weighted by molar-refractivity contribution is 5.80. The molecule has 1 fully saturated rings. The van der Waals surface area contributed by atoms with Crippen molar-refractivity contribution in [1.29, 1.82) is 0 Å². The molecule has 0 amide bonds. The minimum atomic E-state index is -0.954. The number of likely N-dealkylation sites (tertiary alicyclic amines) is 1. The fourth-order valence-electron chi connectivity index (χ4n) is 4.91. The number of carboxylic acid groups (broad SMARTS) is 1. The van der Waals surface area contributed by atoms with Gasteiger partial charge in [-0.25, -0.2) is 4.98 Å². The second-order valence-corrected chi connectivity index (χ2v) is 9.95. The standard InChI is InChI=1S/C28H37N3O4/c1-4-35-18-17-31-24-8-6-5-7-23(24)29-26(31)21-13-15-30(16-14-21)19-25(32)20-9-11-22(12-10-20)28(2,3)27(33)34/h5-12,21,25,32H,4,13-19H2,1-3H3,(H,33,34). The molecule has 2 N–H and O–H groups in total. The third-order valence-electron chi connectivity index (χ3n) is 7.28. The molecular formula is C28H37N3O4. The van der Waals surface area contributed by atoms with E-state index in [-0.39, 0.29) is 0 Å². The zero-order valence-electron chi connectivity index (χ0n) is 21.0. The molecule has 0 radical (unpaired) electrons.